The van der Waals surface area contributed by atoms with Gasteiger partial charge in [0, 0.05) is 6.54 Å². The molecule has 1 heterocycles. The fourth-order valence-electron chi connectivity index (χ4n) is 2.00. The Kier molecular flexibility index (Phi) is 4.62. The minimum Gasteiger partial charge on any atom is -0.320 e. The van der Waals surface area contributed by atoms with Crippen LogP contribution in [0.25, 0.3) is 0 Å². The monoisotopic (exact) mass is 170 g/mol. The predicted octanol–water partition coefficient (Wildman–Crippen LogP) is 1.33. The van der Waals surface area contributed by atoms with E-state index in [0.717, 1.165) is 5.92 Å². The normalized spacial score (nSPS) is 25.0. The van der Waals surface area contributed by atoms with E-state index in [1.165, 1.54) is 45.4 Å². The Balaban J connectivity index is 2.03. The zero-order valence-electron chi connectivity index (χ0n) is 8.47. The SMILES string of the molecule is CCN1CCC(CCCNC)C1. The summed E-state index contributed by atoms with van der Waals surface area (Å²) in [7, 11) is 2.03. The van der Waals surface area contributed by atoms with Crippen molar-refractivity contribution in [1.29, 1.82) is 0 Å². The van der Waals surface area contributed by atoms with Gasteiger partial charge in [0.05, 0.1) is 0 Å². The minimum absolute atomic E-state index is 0.985. The lowest BCUT2D eigenvalue weighted by molar-refractivity contribution is 0.336. The molecule has 1 N–H and O–H groups in total. The summed E-state index contributed by atoms with van der Waals surface area (Å²) in [6, 6.07) is 0. The maximum absolute atomic E-state index is 3.20. The maximum Gasteiger partial charge on any atom is 0.00100 e. The fraction of sp³-hybridized carbons (Fsp3) is 1.00. The molecule has 1 atom stereocenters. The molecule has 1 unspecified atom stereocenters. The molecule has 1 saturated heterocycles. The Bertz CT molecular complexity index is 114. The van der Waals surface area contributed by atoms with Gasteiger partial charge in [-0.2, -0.15) is 0 Å². The third kappa shape index (κ3) is 3.11. The van der Waals surface area contributed by atoms with Gasteiger partial charge in [0.15, 0.2) is 0 Å². The van der Waals surface area contributed by atoms with E-state index in [4.69, 9.17) is 0 Å². The summed E-state index contributed by atoms with van der Waals surface area (Å²) in [4.78, 5) is 2.56. The summed E-state index contributed by atoms with van der Waals surface area (Å²) < 4.78 is 0. The molecular formula is C10H22N2. The van der Waals surface area contributed by atoms with Crippen LogP contribution in [-0.4, -0.2) is 38.1 Å². The topological polar surface area (TPSA) is 15.3 Å². The Hall–Kier alpha value is -0.0800. The highest BCUT2D eigenvalue weighted by Crippen LogP contribution is 2.19. The summed E-state index contributed by atoms with van der Waals surface area (Å²) in [6.07, 6.45) is 4.19. The predicted molar refractivity (Wildman–Crippen MR) is 53.4 cm³/mol. The van der Waals surface area contributed by atoms with Crippen molar-refractivity contribution >= 4 is 0 Å². The third-order valence-electron chi connectivity index (χ3n) is 2.86. The van der Waals surface area contributed by atoms with Gasteiger partial charge in [-0.3, -0.25) is 0 Å². The summed E-state index contributed by atoms with van der Waals surface area (Å²) in [5.41, 5.74) is 0. The number of nitrogens with zero attached hydrogens (tertiary/aromatic N) is 1. The van der Waals surface area contributed by atoms with Crippen LogP contribution in [0.3, 0.4) is 0 Å². The molecule has 1 aliphatic rings. The molecular weight excluding hydrogens is 148 g/mol. The van der Waals surface area contributed by atoms with Crippen molar-refractivity contribution in [3.63, 3.8) is 0 Å². The highest BCUT2D eigenvalue weighted by atomic mass is 15.1. The Labute approximate surface area is 76.3 Å². The van der Waals surface area contributed by atoms with Crippen molar-refractivity contribution in [2.75, 3.05) is 33.2 Å². The van der Waals surface area contributed by atoms with E-state index in [2.05, 4.69) is 17.1 Å². The molecule has 2 nitrogen and oxygen atoms in total. The third-order valence-corrected chi connectivity index (χ3v) is 2.86. The molecule has 1 fully saturated rings. The average Bonchev–Trinajstić information content (AvgIpc) is 2.53. The molecule has 0 aromatic rings. The molecule has 2 heteroatoms. The second-order valence-corrected chi connectivity index (χ2v) is 3.79. The first-order valence-corrected chi connectivity index (χ1v) is 5.23. The second kappa shape index (κ2) is 5.55. The van der Waals surface area contributed by atoms with E-state index in [9.17, 15) is 0 Å². The molecule has 0 aliphatic carbocycles. The lowest BCUT2D eigenvalue weighted by Crippen LogP contribution is -2.20. The van der Waals surface area contributed by atoms with Crippen molar-refractivity contribution in [2.45, 2.75) is 26.2 Å². The highest BCUT2D eigenvalue weighted by molar-refractivity contribution is 4.74. The molecule has 0 amide bonds. The summed E-state index contributed by atoms with van der Waals surface area (Å²) in [5.74, 6) is 0.985. The van der Waals surface area contributed by atoms with E-state index in [0.29, 0.717) is 0 Å². The summed E-state index contributed by atoms with van der Waals surface area (Å²) in [6.45, 7) is 7.36. The van der Waals surface area contributed by atoms with Crippen LogP contribution < -0.4 is 5.32 Å². The summed E-state index contributed by atoms with van der Waals surface area (Å²) >= 11 is 0. The smallest absolute Gasteiger partial charge is 0.00100 e. The standard InChI is InChI=1S/C10H22N2/c1-3-12-8-6-10(9-12)5-4-7-11-2/h10-11H,3-9H2,1-2H3. The largest absolute Gasteiger partial charge is 0.320 e. The first-order valence-electron chi connectivity index (χ1n) is 5.23. The molecule has 72 valence electrons. The Morgan fingerprint density at radius 2 is 2.33 bits per heavy atom. The second-order valence-electron chi connectivity index (χ2n) is 3.79. The van der Waals surface area contributed by atoms with Crippen LogP contribution in [0.2, 0.25) is 0 Å². The van der Waals surface area contributed by atoms with E-state index >= 15 is 0 Å². The lowest BCUT2D eigenvalue weighted by Gasteiger charge is -2.12. The number of rotatable bonds is 5. The minimum atomic E-state index is 0.985. The van der Waals surface area contributed by atoms with Crippen molar-refractivity contribution in [1.82, 2.24) is 10.2 Å². The first kappa shape index (κ1) is 10.0. The fourth-order valence-corrected chi connectivity index (χ4v) is 2.00. The van der Waals surface area contributed by atoms with Gasteiger partial charge in [0.1, 0.15) is 0 Å². The molecule has 0 bridgehead atoms. The Morgan fingerprint density at radius 1 is 1.50 bits per heavy atom. The van der Waals surface area contributed by atoms with Crippen molar-refractivity contribution in [2.24, 2.45) is 5.92 Å². The van der Waals surface area contributed by atoms with Crippen molar-refractivity contribution in [3.8, 4) is 0 Å². The first-order chi connectivity index (χ1) is 5.86. The van der Waals surface area contributed by atoms with Crippen LogP contribution in [0, 0.1) is 5.92 Å². The van der Waals surface area contributed by atoms with Crippen LogP contribution in [0.1, 0.15) is 26.2 Å². The lowest BCUT2D eigenvalue weighted by atomic mass is 10.0. The number of nitrogens with one attached hydrogen (secondary N) is 1. The molecule has 0 aromatic heterocycles. The zero-order valence-corrected chi connectivity index (χ0v) is 8.47. The van der Waals surface area contributed by atoms with Gasteiger partial charge in [-0.15, -0.1) is 0 Å². The van der Waals surface area contributed by atoms with Gasteiger partial charge in [0.2, 0.25) is 0 Å². The molecule has 0 radical (unpaired) electrons. The van der Waals surface area contributed by atoms with Gasteiger partial charge in [-0.05, 0) is 51.9 Å². The van der Waals surface area contributed by atoms with Crippen molar-refractivity contribution in [3.05, 3.63) is 0 Å². The molecule has 12 heavy (non-hydrogen) atoms. The number of hydrogen-bond acceptors (Lipinski definition) is 2. The molecule has 0 spiro atoms. The van der Waals surface area contributed by atoms with Crippen LogP contribution in [-0.2, 0) is 0 Å². The van der Waals surface area contributed by atoms with Gasteiger partial charge in [-0.1, -0.05) is 6.92 Å². The van der Waals surface area contributed by atoms with Gasteiger partial charge in [0.25, 0.3) is 0 Å². The summed E-state index contributed by atoms with van der Waals surface area (Å²) in [5, 5.41) is 3.20. The maximum atomic E-state index is 3.20. The van der Waals surface area contributed by atoms with Crippen molar-refractivity contribution < 1.29 is 0 Å². The van der Waals surface area contributed by atoms with Gasteiger partial charge in [-0.25, -0.2) is 0 Å². The van der Waals surface area contributed by atoms with Crippen LogP contribution in [0.15, 0.2) is 0 Å². The van der Waals surface area contributed by atoms with Gasteiger partial charge < -0.3 is 10.2 Å². The quantitative estimate of drug-likeness (QED) is 0.626. The Morgan fingerprint density at radius 3 is 2.92 bits per heavy atom. The van der Waals surface area contributed by atoms with E-state index in [1.54, 1.807) is 0 Å². The molecule has 0 aromatic carbocycles. The number of hydrogen-bond donors (Lipinski definition) is 1. The van der Waals surface area contributed by atoms with Crippen LogP contribution >= 0.6 is 0 Å². The van der Waals surface area contributed by atoms with Gasteiger partial charge >= 0.3 is 0 Å². The van der Waals surface area contributed by atoms with E-state index in [-0.39, 0.29) is 0 Å². The van der Waals surface area contributed by atoms with E-state index < -0.39 is 0 Å². The number of likely N-dealkylation sites (tertiary alicyclic amines) is 1. The average molecular weight is 170 g/mol. The highest BCUT2D eigenvalue weighted by Gasteiger charge is 2.19. The molecule has 0 saturated carbocycles. The molecule has 1 aliphatic heterocycles. The zero-order chi connectivity index (χ0) is 8.81. The molecule has 1 rings (SSSR count). The van der Waals surface area contributed by atoms with Crippen LogP contribution in [0.4, 0.5) is 0 Å². The van der Waals surface area contributed by atoms with E-state index in [1.807, 2.05) is 7.05 Å². The van der Waals surface area contributed by atoms with Crippen LogP contribution in [0.5, 0.6) is 0 Å².